The molecular formula is C9H17NO4S. The minimum atomic E-state index is -1.08. The molecule has 0 saturated heterocycles. The number of ether oxygens (including phenoxy) is 1. The van der Waals surface area contributed by atoms with Gasteiger partial charge in [0.15, 0.2) is 0 Å². The molecule has 0 amide bonds. The lowest BCUT2D eigenvalue weighted by Gasteiger charge is -2.29. The van der Waals surface area contributed by atoms with Crippen molar-refractivity contribution in [2.45, 2.75) is 36.8 Å². The summed E-state index contributed by atoms with van der Waals surface area (Å²) in [6.07, 6.45) is 0. The van der Waals surface area contributed by atoms with Crippen molar-refractivity contribution in [1.82, 2.24) is 0 Å². The number of aliphatic carboxylic acids is 1. The normalized spacial score (nSPS) is 15.5. The minimum absolute atomic E-state index is 0.384. The predicted molar refractivity (Wildman–Crippen MR) is 58.8 cm³/mol. The molecule has 0 aromatic rings. The Hall–Kier alpha value is -0.750. The van der Waals surface area contributed by atoms with E-state index in [1.165, 1.54) is 18.9 Å². The van der Waals surface area contributed by atoms with E-state index in [1.807, 2.05) is 0 Å². The first-order valence-corrected chi connectivity index (χ1v) is 5.34. The fourth-order valence-corrected chi connectivity index (χ4v) is 2.39. The van der Waals surface area contributed by atoms with Gasteiger partial charge < -0.3 is 15.6 Å². The van der Waals surface area contributed by atoms with Crippen LogP contribution < -0.4 is 5.73 Å². The van der Waals surface area contributed by atoms with E-state index in [2.05, 4.69) is 4.74 Å². The standard InChI is InChI=1S/C9H17NO4S/c1-5(8(13)14-4)15-9(2,3)6(10)7(11)12/h5-6H,10H2,1-4H3,(H,11,12)/t5?,6-/m0/s1. The number of thioether (sulfide) groups is 1. The van der Waals surface area contributed by atoms with Gasteiger partial charge in [-0.15, -0.1) is 11.8 Å². The van der Waals surface area contributed by atoms with Crippen molar-refractivity contribution >= 4 is 23.7 Å². The molecule has 1 unspecified atom stereocenters. The Bertz CT molecular complexity index is 254. The molecule has 0 rings (SSSR count). The Labute approximate surface area is 93.4 Å². The van der Waals surface area contributed by atoms with Crippen molar-refractivity contribution < 1.29 is 19.4 Å². The first kappa shape index (κ1) is 14.2. The number of carbonyl (C=O) groups is 2. The highest BCUT2D eigenvalue weighted by molar-refractivity contribution is 8.01. The largest absolute Gasteiger partial charge is 0.480 e. The van der Waals surface area contributed by atoms with Crippen molar-refractivity contribution in [3.05, 3.63) is 0 Å². The summed E-state index contributed by atoms with van der Waals surface area (Å²) < 4.78 is 3.83. The Kier molecular flexibility index (Phi) is 5.10. The third-order valence-corrected chi connectivity index (χ3v) is 3.44. The van der Waals surface area contributed by atoms with Crippen molar-refractivity contribution in [1.29, 1.82) is 0 Å². The molecule has 5 nitrogen and oxygen atoms in total. The number of carbonyl (C=O) groups excluding carboxylic acids is 1. The summed E-state index contributed by atoms with van der Waals surface area (Å²) in [5.41, 5.74) is 5.51. The summed E-state index contributed by atoms with van der Waals surface area (Å²) >= 11 is 1.19. The fraction of sp³-hybridized carbons (Fsp3) is 0.778. The summed E-state index contributed by atoms with van der Waals surface area (Å²) in [6, 6.07) is -1.02. The van der Waals surface area contributed by atoms with E-state index in [0.717, 1.165) is 0 Å². The van der Waals surface area contributed by atoms with Crippen LogP contribution in [0.1, 0.15) is 20.8 Å². The van der Waals surface area contributed by atoms with Crippen LogP contribution in [-0.4, -0.2) is 40.2 Å². The van der Waals surface area contributed by atoms with Gasteiger partial charge >= 0.3 is 11.9 Å². The number of methoxy groups -OCH3 is 1. The lowest BCUT2D eigenvalue weighted by molar-refractivity contribution is -0.140. The fourth-order valence-electron chi connectivity index (χ4n) is 1.04. The molecule has 0 aliphatic heterocycles. The Morgan fingerprint density at radius 1 is 1.47 bits per heavy atom. The molecule has 0 aliphatic carbocycles. The molecule has 88 valence electrons. The monoisotopic (exact) mass is 235 g/mol. The van der Waals surface area contributed by atoms with E-state index >= 15 is 0 Å². The van der Waals surface area contributed by atoms with Crippen molar-refractivity contribution in [3.8, 4) is 0 Å². The number of nitrogens with two attached hydrogens (primary N) is 1. The molecule has 2 atom stereocenters. The van der Waals surface area contributed by atoms with Gasteiger partial charge in [-0.3, -0.25) is 9.59 Å². The van der Waals surface area contributed by atoms with E-state index in [0.29, 0.717) is 0 Å². The lowest BCUT2D eigenvalue weighted by Crippen LogP contribution is -2.48. The van der Waals surface area contributed by atoms with E-state index in [1.54, 1.807) is 20.8 Å². The topological polar surface area (TPSA) is 89.6 Å². The predicted octanol–water partition coefficient (Wildman–Crippen LogP) is 0.472. The summed E-state index contributed by atoms with van der Waals surface area (Å²) in [7, 11) is 1.30. The van der Waals surface area contributed by atoms with Crippen LogP contribution in [0.25, 0.3) is 0 Å². The van der Waals surface area contributed by atoms with Gasteiger partial charge in [0.05, 0.1) is 7.11 Å². The Morgan fingerprint density at radius 2 is 1.93 bits per heavy atom. The molecule has 0 heterocycles. The second kappa shape index (κ2) is 5.37. The van der Waals surface area contributed by atoms with Gasteiger partial charge in [0.25, 0.3) is 0 Å². The van der Waals surface area contributed by atoms with E-state index in [4.69, 9.17) is 10.8 Å². The second-order valence-electron chi connectivity index (χ2n) is 3.70. The molecule has 0 spiro atoms. The number of hydrogen-bond acceptors (Lipinski definition) is 5. The van der Waals surface area contributed by atoms with Gasteiger partial charge in [0.1, 0.15) is 11.3 Å². The maximum atomic E-state index is 11.2. The summed E-state index contributed by atoms with van der Waals surface area (Å²) in [6.45, 7) is 5.04. The third-order valence-electron chi connectivity index (χ3n) is 2.03. The van der Waals surface area contributed by atoms with Crippen molar-refractivity contribution in [3.63, 3.8) is 0 Å². The molecule has 0 aromatic heterocycles. The van der Waals surface area contributed by atoms with Crippen LogP contribution in [0.15, 0.2) is 0 Å². The zero-order chi connectivity index (χ0) is 12.2. The maximum absolute atomic E-state index is 11.2. The minimum Gasteiger partial charge on any atom is -0.480 e. The number of rotatable bonds is 5. The van der Waals surface area contributed by atoms with Crippen LogP contribution in [-0.2, 0) is 14.3 Å². The lowest BCUT2D eigenvalue weighted by atomic mass is 10.1. The van der Waals surface area contributed by atoms with Gasteiger partial charge in [-0.25, -0.2) is 0 Å². The molecular weight excluding hydrogens is 218 g/mol. The maximum Gasteiger partial charge on any atom is 0.321 e. The highest BCUT2D eigenvalue weighted by Crippen LogP contribution is 2.31. The Morgan fingerprint density at radius 3 is 2.27 bits per heavy atom. The molecule has 0 radical (unpaired) electrons. The van der Waals surface area contributed by atoms with E-state index in [9.17, 15) is 9.59 Å². The summed E-state index contributed by atoms with van der Waals surface area (Å²) in [5, 5.41) is 8.34. The van der Waals surface area contributed by atoms with E-state index < -0.39 is 22.0 Å². The summed E-state index contributed by atoms with van der Waals surface area (Å²) in [4.78, 5) is 21.9. The van der Waals surface area contributed by atoms with Crippen molar-refractivity contribution in [2.75, 3.05) is 7.11 Å². The van der Waals surface area contributed by atoms with Gasteiger partial charge in [0.2, 0.25) is 0 Å². The molecule has 0 aromatic carbocycles. The molecule has 0 bridgehead atoms. The highest BCUT2D eigenvalue weighted by Gasteiger charge is 2.35. The molecule has 0 saturated carbocycles. The molecule has 15 heavy (non-hydrogen) atoms. The first-order valence-electron chi connectivity index (χ1n) is 4.46. The molecule has 0 aliphatic rings. The van der Waals surface area contributed by atoms with Crippen LogP contribution in [0.3, 0.4) is 0 Å². The number of hydrogen-bond donors (Lipinski definition) is 2. The zero-order valence-electron chi connectivity index (χ0n) is 9.31. The molecule has 6 heteroatoms. The number of carboxylic acid groups (broad SMARTS) is 1. The average molecular weight is 235 g/mol. The van der Waals surface area contributed by atoms with Crippen LogP contribution in [0.4, 0.5) is 0 Å². The SMILES string of the molecule is COC(=O)C(C)SC(C)(C)[C@@H](N)C(=O)O. The van der Waals surface area contributed by atoms with E-state index in [-0.39, 0.29) is 5.97 Å². The third kappa shape index (κ3) is 4.09. The van der Waals surface area contributed by atoms with Gasteiger partial charge in [-0.1, -0.05) is 0 Å². The van der Waals surface area contributed by atoms with Crippen LogP contribution in [0, 0.1) is 0 Å². The quantitative estimate of drug-likeness (QED) is 0.673. The Balaban J connectivity index is 4.49. The van der Waals surface area contributed by atoms with Gasteiger partial charge in [-0.2, -0.15) is 0 Å². The number of carboxylic acids is 1. The average Bonchev–Trinajstić information content (AvgIpc) is 2.14. The van der Waals surface area contributed by atoms with Gasteiger partial charge in [0, 0.05) is 4.75 Å². The molecule has 3 N–H and O–H groups in total. The van der Waals surface area contributed by atoms with Crippen LogP contribution in [0.5, 0.6) is 0 Å². The van der Waals surface area contributed by atoms with Crippen LogP contribution >= 0.6 is 11.8 Å². The van der Waals surface area contributed by atoms with Gasteiger partial charge in [-0.05, 0) is 20.8 Å². The molecule has 0 fully saturated rings. The number of esters is 1. The zero-order valence-corrected chi connectivity index (χ0v) is 10.1. The smallest absolute Gasteiger partial charge is 0.321 e. The van der Waals surface area contributed by atoms with Crippen molar-refractivity contribution in [2.24, 2.45) is 5.73 Å². The summed E-state index contributed by atoms with van der Waals surface area (Å²) in [5.74, 6) is -1.46. The second-order valence-corrected chi connectivity index (χ2v) is 5.70. The van der Waals surface area contributed by atoms with Crippen LogP contribution in [0.2, 0.25) is 0 Å². The highest BCUT2D eigenvalue weighted by atomic mass is 32.2. The first-order chi connectivity index (χ1) is 6.72.